The molecule has 6 nitrogen and oxygen atoms in total. The molecule has 0 saturated heterocycles. The van der Waals surface area contributed by atoms with Crippen molar-refractivity contribution >= 4 is 22.7 Å². The summed E-state index contributed by atoms with van der Waals surface area (Å²) in [6.45, 7) is 15.1. The van der Waals surface area contributed by atoms with Crippen LogP contribution in [0.1, 0.15) is 0 Å². The molecule has 1 rings (SSSR count). The summed E-state index contributed by atoms with van der Waals surface area (Å²) < 4.78 is 5.08. The molecule has 0 bridgehead atoms. The van der Waals surface area contributed by atoms with E-state index < -0.39 is 0 Å². The van der Waals surface area contributed by atoms with Crippen molar-refractivity contribution < 1.29 is 9.84 Å². The predicted molar refractivity (Wildman–Crippen MR) is 69.8 cm³/mol. The van der Waals surface area contributed by atoms with E-state index in [2.05, 4.69) is 15.0 Å². The second-order valence-corrected chi connectivity index (χ2v) is 3.41. The fourth-order valence-electron chi connectivity index (χ4n) is 1.35. The second kappa shape index (κ2) is 7.13. The van der Waals surface area contributed by atoms with Gasteiger partial charge in [0.05, 0.1) is 33.0 Å². The first-order valence-electron chi connectivity index (χ1n) is 5.33. The molecule has 0 amide bonds. The highest BCUT2D eigenvalue weighted by atomic mass is 16.5. The Balaban J connectivity index is 2.67. The molecule has 0 spiro atoms. The van der Waals surface area contributed by atoms with Crippen LogP contribution in [0.15, 0.2) is 12.1 Å². The molecule has 0 aliphatic heterocycles. The topological polar surface area (TPSA) is 76.2 Å². The van der Waals surface area contributed by atoms with Gasteiger partial charge in [0.2, 0.25) is 0 Å². The van der Waals surface area contributed by atoms with Crippen LogP contribution in [-0.4, -0.2) is 31.5 Å². The zero-order valence-electron chi connectivity index (χ0n) is 9.81. The zero-order chi connectivity index (χ0) is 13.4. The summed E-state index contributed by atoms with van der Waals surface area (Å²) in [6.07, 6.45) is 0. The highest BCUT2D eigenvalue weighted by molar-refractivity contribution is 5.83. The normalized spacial score (nSPS) is 9.50. The molecular formula is C12H14N4O2. The number of hydrogen-bond donors (Lipinski definition) is 3. The number of rotatable bonds is 6. The van der Waals surface area contributed by atoms with Crippen molar-refractivity contribution in [3.05, 3.63) is 35.0 Å². The minimum absolute atomic E-state index is 0.0102. The highest BCUT2D eigenvalue weighted by Crippen LogP contribution is 2.35. The molecule has 0 unspecified atom stereocenters. The summed E-state index contributed by atoms with van der Waals surface area (Å²) in [5.41, 5.74) is 7.34. The average molecular weight is 246 g/mol. The third kappa shape index (κ3) is 3.63. The lowest BCUT2D eigenvalue weighted by molar-refractivity contribution is 0.0992. The van der Waals surface area contributed by atoms with Crippen LogP contribution in [-0.2, 0) is 4.74 Å². The van der Waals surface area contributed by atoms with Crippen LogP contribution in [0.3, 0.4) is 0 Å². The molecule has 0 atom stereocenters. The van der Waals surface area contributed by atoms with E-state index in [0.717, 1.165) is 0 Å². The first kappa shape index (κ1) is 13.8. The Hall–Kier alpha value is -2.28. The Bertz CT molecular complexity index is 488. The van der Waals surface area contributed by atoms with Gasteiger partial charge in [0.1, 0.15) is 0 Å². The van der Waals surface area contributed by atoms with E-state index in [4.69, 9.17) is 28.7 Å². The fraction of sp³-hybridized carbons (Fsp3) is 0.333. The van der Waals surface area contributed by atoms with Gasteiger partial charge in [-0.15, -0.1) is 0 Å². The molecule has 6 heteroatoms. The number of anilines is 2. The maximum atomic E-state index is 8.53. The number of aliphatic hydroxyl groups excluding tert-OH is 1. The number of hydrogen-bond acceptors (Lipinski definition) is 4. The minimum atomic E-state index is -0.0102. The van der Waals surface area contributed by atoms with Gasteiger partial charge >= 0.3 is 0 Å². The monoisotopic (exact) mass is 246 g/mol. The van der Waals surface area contributed by atoms with Gasteiger partial charge in [-0.25, -0.2) is 0 Å². The molecule has 0 saturated carbocycles. The molecular weight excluding hydrogens is 232 g/mol. The Morgan fingerprint density at radius 1 is 1.22 bits per heavy atom. The number of aliphatic hydroxyl groups is 1. The van der Waals surface area contributed by atoms with Gasteiger partial charge in [-0.05, 0) is 12.1 Å². The molecule has 18 heavy (non-hydrogen) atoms. The van der Waals surface area contributed by atoms with Gasteiger partial charge < -0.3 is 20.9 Å². The van der Waals surface area contributed by atoms with Gasteiger partial charge in [0, 0.05) is 17.9 Å². The summed E-state index contributed by atoms with van der Waals surface area (Å²) in [6, 6.07) is 3.04. The van der Waals surface area contributed by atoms with Gasteiger partial charge in [0.15, 0.2) is 11.4 Å². The van der Waals surface area contributed by atoms with Crippen molar-refractivity contribution in [2.24, 2.45) is 0 Å². The van der Waals surface area contributed by atoms with Crippen molar-refractivity contribution in [1.82, 2.24) is 0 Å². The molecule has 1 aromatic rings. The Morgan fingerprint density at radius 3 is 2.50 bits per heavy atom. The third-order valence-electron chi connectivity index (χ3n) is 2.19. The average Bonchev–Trinajstić information content (AvgIpc) is 2.39. The first-order valence-corrected chi connectivity index (χ1v) is 5.33. The molecule has 0 fully saturated rings. The molecule has 0 aliphatic rings. The van der Waals surface area contributed by atoms with E-state index in [9.17, 15) is 0 Å². The van der Waals surface area contributed by atoms with E-state index >= 15 is 0 Å². The summed E-state index contributed by atoms with van der Waals surface area (Å²) in [5.74, 6) is 0. The van der Waals surface area contributed by atoms with Gasteiger partial charge in [0.25, 0.3) is 0 Å². The lowest BCUT2D eigenvalue weighted by Crippen LogP contribution is -2.12. The fourth-order valence-corrected chi connectivity index (χ4v) is 1.35. The predicted octanol–water partition coefficient (Wildman–Crippen LogP) is 1.79. The summed E-state index contributed by atoms with van der Waals surface area (Å²) in [4.78, 5) is 6.52. The number of nitrogens with one attached hydrogen (secondary N) is 1. The smallest absolute Gasteiger partial charge is 0.196 e. The number of nitrogens with zero attached hydrogens (tertiary/aromatic N) is 2. The number of nitrogen functional groups attached to an aromatic ring is 1. The first-order chi connectivity index (χ1) is 8.72. The number of nitrogens with two attached hydrogens (primary N) is 1. The van der Waals surface area contributed by atoms with Crippen LogP contribution in [0.4, 0.5) is 22.7 Å². The minimum Gasteiger partial charge on any atom is -0.398 e. The van der Waals surface area contributed by atoms with Crippen molar-refractivity contribution in [3.63, 3.8) is 0 Å². The number of benzene rings is 1. The Morgan fingerprint density at radius 2 is 1.89 bits per heavy atom. The largest absolute Gasteiger partial charge is 0.398 e. The molecule has 0 aliphatic carbocycles. The SMILES string of the molecule is [C-]#[N+]c1cc(N)c(NCCOCCO)cc1[N+]#[C-]. The van der Waals surface area contributed by atoms with Crippen LogP contribution in [0, 0.1) is 13.1 Å². The Labute approximate surface area is 106 Å². The Kier molecular flexibility index (Phi) is 5.46. The van der Waals surface area contributed by atoms with Crippen LogP contribution in [0.5, 0.6) is 0 Å². The van der Waals surface area contributed by atoms with E-state index in [1.165, 1.54) is 6.07 Å². The maximum absolute atomic E-state index is 8.53. The molecule has 0 heterocycles. The molecule has 94 valence electrons. The van der Waals surface area contributed by atoms with Crippen molar-refractivity contribution in [3.8, 4) is 0 Å². The van der Waals surface area contributed by atoms with Crippen LogP contribution in [0.25, 0.3) is 9.69 Å². The highest BCUT2D eigenvalue weighted by Gasteiger charge is 2.07. The van der Waals surface area contributed by atoms with Gasteiger partial charge in [-0.3, -0.25) is 9.69 Å². The van der Waals surface area contributed by atoms with Gasteiger partial charge in [-0.2, -0.15) is 0 Å². The van der Waals surface area contributed by atoms with Gasteiger partial charge in [-0.1, -0.05) is 0 Å². The van der Waals surface area contributed by atoms with Crippen LogP contribution >= 0.6 is 0 Å². The third-order valence-corrected chi connectivity index (χ3v) is 2.19. The van der Waals surface area contributed by atoms with Crippen LogP contribution < -0.4 is 11.1 Å². The number of ether oxygens (including phenoxy) is 1. The molecule has 0 aromatic heterocycles. The van der Waals surface area contributed by atoms with Crippen LogP contribution in [0.2, 0.25) is 0 Å². The van der Waals surface area contributed by atoms with E-state index in [1.54, 1.807) is 6.07 Å². The van der Waals surface area contributed by atoms with Crippen molar-refractivity contribution in [2.45, 2.75) is 0 Å². The van der Waals surface area contributed by atoms with E-state index in [0.29, 0.717) is 31.1 Å². The lowest BCUT2D eigenvalue weighted by Gasteiger charge is -2.11. The van der Waals surface area contributed by atoms with Crippen molar-refractivity contribution in [2.75, 3.05) is 37.4 Å². The maximum Gasteiger partial charge on any atom is 0.196 e. The summed E-state index contributed by atoms with van der Waals surface area (Å²) >= 11 is 0. The molecule has 4 N–H and O–H groups in total. The summed E-state index contributed by atoms with van der Waals surface area (Å²) in [7, 11) is 0. The molecule has 1 aromatic carbocycles. The summed E-state index contributed by atoms with van der Waals surface area (Å²) in [5, 5.41) is 11.5. The zero-order valence-corrected chi connectivity index (χ0v) is 9.81. The quantitative estimate of drug-likeness (QED) is 0.406. The van der Waals surface area contributed by atoms with E-state index in [-0.39, 0.29) is 18.0 Å². The second-order valence-electron chi connectivity index (χ2n) is 3.41. The van der Waals surface area contributed by atoms with E-state index in [1.807, 2.05) is 0 Å². The standard InChI is InChI=1S/C12H14N4O2/c1-14-11-7-9(13)10(8-12(11)15-2)16-3-5-18-6-4-17/h7-8,16-17H,3-6,13H2. The lowest BCUT2D eigenvalue weighted by atomic mass is 10.2. The molecule has 0 radical (unpaired) electrons. The van der Waals surface area contributed by atoms with Crippen molar-refractivity contribution in [1.29, 1.82) is 0 Å².